The normalized spacial score (nSPS) is 11.8. The molecule has 7 aromatic carbocycles. The van der Waals surface area contributed by atoms with Gasteiger partial charge in [0, 0.05) is 39.1 Å². The lowest BCUT2D eigenvalue weighted by Crippen LogP contribution is -2.00. The molecule has 0 aliphatic heterocycles. The molecule has 224 valence electrons. The van der Waals surface area contributed by atoms with Gasteiger partial charge < -0.3 is 8.83 Å². The van der Waals surface area contributed by atoms with Crippen molar-refractivity contribution in [2.45, 2.75) is 0 Å². The molecular weight excluding hydrogens is 592 g/mol. The minimum Gasteiger partial charge on any atom is -0.456 e. The van der Waals surface area contributed by atoms with Crippen LogP contribution in [0.1, 0.15) is 0 Å². The lowest BCUT2D eigenvalue weighted by molar-refractivity contribution is 0.617. The van der Waals surface area contributed by atoms with Gasteiger partial charge in [-0.25, -0.2) is 19.9 Å². The second kappa shape index (κ2) is 10.4. The van der Waals surface area contributed by atoms with Crippen molar-refractivity contribution in [1.82, 2.24) is 19.9 Å². The average Bonchev–Trinajstić information content (AvgIpc) is 3.74. The zero-order valence-corrected chi connectivity index (χ0v) is 25.5. The van der Waals surface area contributed by atoms with E-state index < -0.39 is 0 Å². The lowest BCUT2D eigenvalue weighted by Gasteiger charge is -2.10. The standard InChI is InChI=1S/C42H24N4O2/c1-2-11-27(12-3-1)39-44-40(30-19-17-25-9-4-6-13-28(25)21-30)46-41(45-39)32-15-8-16-35-38(32)33-23-34-37(24-36(33)47-35)48-42(43-34)31-20-18-26-10-5-7-14-29(26)22-31/h1-24H. The van der Waals surface area contributed by atoms with Crippen LogP contribution in [0.3, 0.4) is 0 Å². The summed E-state index contributed by atoms with van der Waals surface area (Å²) in [5.41, 5.74) is 6.47. The van der Waals surface area contributed by atoms with Gasteiger partial charge >= 0.3 is 0 Å². The molecule has 0 bridgehead atoms. The van der Waals surface area contributed by atoms with Crippen LogP contribution in [0.5, 0.6) is 0 Å². The van der Waals surface area contributed by atoms with Gasteiger partial charge in [-0.05, 0) is 51.9 Å². The van der Waals surface area contributed by atoms with Gasteiger partial charge in [0.05, 0.1) is 0 Å². The second-order valence-corrected chi connectivity index (χ2v) is 11.9. The summed E-state index contributed by atoms with van der Waals surface area (Å²) in [6, 6.07) is 49.1. The van der Waals surface area contributed by atoms with E-state index in [1.54, 1.807) is 0 Å². The Morgan fingerprint density at radius 3 is 1.79 bits per heavy atom. The third-order valence-electron chi connectivity index (χ3n) is 8.92. The fourth-order valence-corrected chi connectivity index (χ4v) is 6.55. The molecule has 0 radical (unpaired) electrons. The van der Waals surface area contributed by atoms with E-state index in [0.29, 0.717) is 34.5 Å². The molecule has 6 heteroatoms. The summed E-state index contributed by atoms with van der Waals surface area (Å²) >= 11 is 0. The van der Waals surface area contributed by atoms with E-state index in [0.717, 1.165) is 60.3 Å². The molecule has 0 fully saturated rings. The summed E-state index contributed by atoms with van der Waals surface area (Å²) in [5.74, 6) is 2.34. The summed E-state index contributed by atoms with van der Waals surface area (Å²) in [6.45, 7) is 0. The SMILES string of the molecule is c1ccc(-c2nc(-c3ccc4ccccc4c3)nc(-c3cccc4oc5cc6oc(-c7ccc8ccccc8c7)nc6cc5c34)n2)cc1. The molecule has 10 rings (SSSR count). The van der Waals surface area contributed by atoms with Crippen molar-refractivity contribution in [2.75, 3.05) is 0 Å². The summed E-state index contributed by atoms with van der Waals surface area (Å²) in [6.07, 6.45) is 0. The predicted octanol–water partition coefficient (Wildman–Crippen LogP) is 10.9. The van der Waals surface area contributed by atoms with Crippen LogP contribution in [0.15, 0.2) is 154 Å². The quantitative estimate of drug-likeness (QED) is 0.196. The summed E-state index contributed by atoms with van der Waals surface area (Å²) < 4.78 is 12.7. The molecule has 10 aromatic rings. The highest BCUT2D eigenvalue weighted by Gasteiger charge is 2.20. The van der Waals surface area contributed by atoms with Gasteiger partial charge in [0.1, 0.15) is 16.7 Å². The smallest absolute Gasteiger partial charge is 0.227 e. The highest BCUT2D eigenvalue weighted by Crippen LogP contribution is 2.39. The molecule has 0 unspecified atom stereocenters. The fraction of sp³-hybridized carbons (Fsp3) is 0. The summed E-state index contributed by atoms with van der Waals surface area (Å²) in [7, 11) is 0. The molecule has 0 N–H and O–H groups in total. The largest absolute Gasteiger partial charge is 0.456 e. The highest BCUT2D eigenvalue weighted by molar-refractivity contribution is 6.14. The Morgan fingerprint density at radius 2 is 1.02 bits per heavy atom. The molecular formula is C42H24N4O2. The number of rotatable bonds is 4. The Balaban J connectivity index is 1.16. The van der Waals surface area contributed by atoms with Crippen molar-refractivity contribution in [3.63, 3.8) is 0 Å². The lowest BCUT2D eigenvalue weighted by atomic mass is 10.0. The maximum Gasteiger partial charge on any atom is 0.227 e. The van der Waals surface area contributed by atoms with Gasteiger partial charge in [0.25, 0.3) is 0 Å². The van der Waals surface area contributed by atoms with Crippen molar-refractivity contribution in [2.24, 2.45) is 0 Å². The van der Waals surface area contributed by atoms with Gasteiger partial charge in [-0.1, -0.05) is 109 Å². The maximum atomic E-state index is 6.41. The van der Waals surface area contributed by atoms with Crippen LogP contribution in [0.25, 0.3) is 100 Å². The van der Waals surface area contributed by atoms with Crippen LogP contribution in [0.4, 0.5) is 0 Å². The number of nitrogens with zero attached hydrogens (tertiary/aromatic N) is 4. The van der Waals surface area contributed by atoms with Crippen LogP contribution in [0, 0.1) is 0 Å². The molecule has 3 aromatic heterocycles. The minimum absolute atomic E-state index is 0.567. The zero-order valence-electron chi connectivity index (χ0n) is 25.5. The van der Waals surface area contributed by atoms with Gasteiger partial charge in [-0.2, -0.15) is 0 Å². The predicted molar refractivity (Wildman–Crippen MR) is 191 cm³/mol. The number of hydrogen-bond donors (Lipinski definition) is 0. The van der Waals surface area contributed by atoms with Crippen LogP contribution < -0.4 is 0 Å². The molecule has 0 amide bonds. The summed E-state index contributed by atoms with van der Waals surface area (Å²) in [5, 5.41) is 6.43. The first-order valence-corrected chi connectivity index (χ1v) is 15.8. The third kappa shape index (κ3) is 4.35. The zero-order chi connectivity index (χ0) is 31.6. The van der Waals surface area contributed by atoms with Gasteiger partial charge in [0.15, 0.2) is 23.1 Å². The Labute approximate surface area is 274 Å². The van der Waals surface area contributed by atoms with Crippen LogP contribution >= 0.6 is 0 Å². The monoisotopic (exact) mass is 616 g/mol. The maximum absolute atomic E-state index is 6.41. The minimum atomic E-state index is 0.567. The molecule has 3 heterocycles. The number of oxazole rings is 1. The molecule has 0 saturated carbocycles. The Morgan fingerprint density at radius 1 is 0.375 bits per heavy atom. The molecule has 0 saturated heterocycles. The van der Waals surface area contributed by atoms with E-state index in [9.17, 15) is 0 Å². The number of benzene rings is 7. The average molecular weight is 617 g/mol. The number of furan rings is 1. The van der Waals surface area contributed by atoms with E-state index in [1.165, 1.54) is 5.39 Å². The van der Waals surface area contributed by atoms with E-state index in [-0.39, 0.29) is 0 Å². The van der Waals surface area contributed by atoms with E-state index in [2.05, 4.69) is 54.6 Å². The van der Waals surface area contributed by atoms with Crippen LogP contribution in [-0.2, 0) is 0 Å². The molecule has 0 aliphatic rings. The first kappa shape index (κ1) is 26.5. The van der Waals surface area contributed by atoms with Gasteiger partial charge in [-0.3, -0.25) is 0 Å². The van der Waals surface area contributed by atoms with Gasteiger partial charge in [0.2, 0.25) is 5.89 Å². The molecule has 0 atom stereocenters. The number of aromatic nitrogens is 4. The molecule has 6 nitrogen and oxygen atoms in total. The molecule has 48 heavy (non-hydrogen) atoms. The first-order chi connectivity index (χ1) is 23.7. The van der Waals surface area contributed by atoms with E-state index >= 15 is 0 Å². The van der Waals surface area contributed by atoms with Crippen LogP contribution in [-0.4, -0.2) is 19.9 Å². The first-order valence-electron chi connectivity index (χ1n) is 15.8. The molecule has 0 aliphatic carbocycles. The second-order valence-electron chi connectivity index (χ2n) is 11.9. The topological polar surface area (TPSA) is 77.8 Å². The van der Waals surface area contributed by atoms with Crippen molar-refractivity contribution >= 4 is 54.6 Å². The number of hydrogen-bond acceptors (Lipinski definition) is 6. The van der Waals surface area contributed by atoms with E-state index in [1.807, 2.05) is 91.0 Å². The van der Waals surface area contributed by atoms with Crippen molar-refractivity contribution < 1.29 is 8.83 Å². The van der Waals surface area contributed by atoms with Crippen molar-refractivity contribution in [1.29, 1.82) is 0 Å². The number of fused-ring (bicyclic) bond motifs is 6. The van der Waals surface area contributed by atoms with Gasteiger partial charge in [-0.15, -0.1) is 0 Å². The van der Waals surface area contributed by atoms with Crippen molar-refractivity contribution in [3.05, 3.63) is 146 Å². The Kier molecular flexibility index (Phi) is 5.77. The third-order valence-corrected chi connectivity index (χ3v) is 8.92. The molecule has 0 spiro atoms. The fourth-order valence-electron chi connectivity index (χ4n) is 6.55. The summed E-state index contributed by atoms with van der Waals surface area (Å²) in [4.78, 5) is 20.0. The van der Waals surface area contributed by atoms with E-state index in [4.69, 9.17) is 28.8 Å². The van der Waals surface area contributed by atoms with Crippen molar-refractivity contribution in [3.8, 4) is 45.6 Å². The van der Waals surface area contributed by atoms with Crippen LogP contribution in [0.2, 0.25) is 0 Å². The Bertz CT molecular complexity index is 2850. The Hall–Kier alpha value is -6.66. The highest BCUT2D eigenvalue weighted by atomic mass is 16.4.